The molecule has 0 saturated carbocycles. The molecule has 2 amide bonds. The van der Waals surface area contributed by atoms with Crippen LogP contribution in [0.1, 0.15) is 24.6 Å². The first kappa shape index (κ1) is 23.6. The molecule has 0 aliphatic carbocycles. The lowest BCUT2D eigenvalue weighted by Crippen LogP contribution is -2.39. The standard InChI is InChI=1S/C28H23BrN4O3/c1-19(32(18-23-13-8-16-36-23)28(35)30-21-10-7-9-20(29)17-21)26-31-25-15-6-5-14-24(25)27(34)33(26)22-11-3-2-4-12-22/h2-17,19H,18H2,1H3,(H,30,35). The Hall–Kier alpha value is -4.17. The van der Waals surface area contributed by atoms with Crippen molar-refractivity contribution in [2.75, 3.05) is 5.32 Å². The van der Waals surface area contributed by atoms with Crippen molar-refractivity contribution in [3.63, 3.8) is 0 Å². The summed E-state index contributed by atoms with van der Waals surface area (Å²) in [5, 5.41) is 3.46. The molecule has 0 radical (unpaired) electrons. The molecule has 3 aromatic carbocycles. The molecule has 180 valence electrons. The first-order valence-electron chi connectivity index (χ1n) is 11.4. The average Bonchev–Trinajstić information content (AvgIpc) is 3.41. The molecule has 0 spiro atoms. The molecule has 2 aromatic heterocycles. The lowest BCUT2D eigenvalue weighted by molar-refractivity contribution is 0.179. The summed E-state index contributed by atoms with van der Waals surface area (Å²) in [4.78, 5) is 33.8. The van der Waals surface area contributed by atoms with Crippen molar-refractivity contribution in [3.8, 4) is 5.69 Å². The number of nitrogens with zero attached hydrogens (tertiary/aromatic N) is 3. The predicted molar refractivity (Wildman–Crippen MR) is 143 cm³/mol. The largest absolute Gasteiger partial charge is 0.467 e. The van der Waals surface area contributed by atoms with Crippen LogP contribution in [0.5, 0.6) is 0 Å². The number of furan rings is 1. The zero-order chi connectivity index (χ0) is 25.1. The van der Waals surface area contributed by atoms with Gasteiger partial charge in [0.05, 0.1) is 35.4 Å². The maximum Gasteiger partial charge on any atom is 0.322 e. The number of benzene rings is 3. The summed E-state index contributed by atoms with van der Waals surface area (Å²) in [6.07, 6.45) is 1.57. The number of aromatic nitrogens is 2. The molecule has 0 saturated heterocycles. The quantitative estimate of drug-likeness (QED) is 0.264. The molecule has 0 aliphatic heterocycles. The van der Waals surface area contributed by atoms with Gasteiger partial charge in [-0.25, -0.2) is 9.78 Å². The lowest BCUT2D eigenvalue weighted by atomic mass is 10.2. The summed E-state index contributed by atoms with van der Waals surface area (Å²) in [6.45, 7) is 2.05. The minimum atomic E-state index is -0.584. The van der Waals surface area contributed by atoms with Crippen LogP contribution in [0.25, 0.3) is 16.6 Å². The number of rotatable bonds is 6. The number of nitrogens with one attached hydrogen (secondary N) is 1. The van der Waals surface area contributed by atoms with Crippen LogP contribution < -0.4 is 10.9 Å². The molecule has 7 nitrogen and oxygen atoms in total. The van der Waals surface area contributed by atoms with Gasteiger partial charge >= 0.3 is 6.03 Å². The van der Waals surface area contributed by atoms with Gasteiger partial charge in [-0.2, -0.15) is 0 Å². The summed E-state index contributed by atoms with van der Waals surface area (Å²) in [5.41, 5.74) is 1.69. The smallest absolute Gasteiger partial charge is 0.322 e. The lowest BCUT2D eigenvalue weighted by Gasteiger charge is -2.30. The van der Waals surface area contributed by atoms with Gasteiger partial charge in [-0.15, -0.1) is 0 Å². The van der Waals surface area contributed by atoms with E-state index in [4.69, 9.17) is 9.40 Å². The molecule has 2 heterocycles. The first-order valence-corrected chi connectivity index (χ1v) is 12.2. The minimum Gasteiger partial charge on any atom is -0.467 e. The van der Waals surface area contributed by atoms with Crippen molar-refractivity contribution in [3.05, 3.63) is 124 Å². The maximum absolute atomic E-state index is 13.7. The Bertz CT molecular complexity index is 1570. The summed E-state index contributed by atoms with van der Waals surface area (Å²) in [6, 6.07) is 26.6. The third-order valence-corrected chi connectivity index (χ3v) is 6.39. The van der Waals surface area contributed by atoms with Crippen molar-refractivity contribution >= 4 is 38.6 Å². The molecule has 0 aliphatic rings. The van der Waals surface area contributed by atoms with Crippen molar-refractivity contribution < 1.29 is 9.21 Å². The Morgan fingerprint density at radius 2 is 1.81 bits per heavy atom. The van der Waals surface area contributed by atoms with Gasteiger partial charge in [-0.3, -0.25) is 9.36 Å². The summed E-state index contributed by atoms with van der Waals surface area (Å²) >= 11 is 3.44. The highest BCUT2D eigenvalue weighted by atomic mass is 79.9. The predicted octanol–water partition coefficient (Wildman–Crippen LogP) is 6.54. The van der Waals surface area contributed by atoms with E-state index in [9.17, 15) is 9.59 Å². The number of anilines is 1. The van der Waals surface area contributed by atoms with Crippen LogP contribution in [0, 0.1) is 0 Å². The molecule has 5 aromatic rings. The molecule has 36 heavy (non-hydrogen) atoms. The normalized spacial score (nSPS) is 11.8. The minimum absolute atomic E-state index is 0.186. The van der Waals surface area contributed by atoms with Crippen molar-refractivity contribution in [1.29, 1.82) is 0 Å². The van der Waals surface area contributed by atoms with Crippen LogP contribution >= 0.6 is 15.9 Å². The second kappa shape index (κ2) is 10.2. The zero-order valence-corrected chi connectivity index (χ0v) is 21.1. The topological polar surface area (TPSA) is 80.4 Å². The molecule has 1 N–H and O–H groups in total. The molecule has 1 unspecified atom stereocenters. The number of carbonyl (C=O) groups excluding carboxylic acids is 1. The number of fused-ring (bicyclic) bond motifs is 1. The van der Waals surface area contributed by atoms with E-state index in [-0.39, 0.29) is 18.1 Å². The number of hydrogen-bond acceptors (Lipinski definition) is 4. The molecule has 0 bridgehead atoms. The van der Waals surface area contributed by atoms with E-state index in [1.54, 1.807) is 33.9 Å². The Kier molecular flexibility index (Phi) is 6.69. The van der Waals surface area contributed by atoms with Gasteiger partial charge in [0.15, 0.2) is 0 Å². The third kappa shape index (κ3) is 4.81. The van der Waals surface area contributed by atoms with E-state index in [0.29, 0.717) is 33.9 Å². The van der Waals surface area contributed by atoms with Gasteiger partial charge in [-0.1, -0.05) is 52.3 Å². The zero-order valence-electron chi connectivity index (χ0n) is 19.5. The van der Waals surface area contributed by atoms with Gasteiger partial charge < -0.3 is 14.6 Å². The number of carbonyl (C=O) groups is 1. The number of halogens is 1. The van der Waals surface area contributed by atoms with Crippen LogP contribution in [0.15, 0.2) is 111 Å². The number of urea groups is 1. The highest BCUT2D eigenvalue weighted by Crippen LogP contribution is 2.26. The van der Waals surface area contributed by atoms with E-state index in [1.165, 1.54) is 0 Å². The Labute approximate surface area is 216 Å². The van der Waals surface area contributed by atoms with Gasteiger partial charge in [0.25, 0.3) is 5.56 Å². The third-order valence-electron chi connectivity index (χ3n) is 5.90. The Morgan fingerprint density at radius 3 is 2.56 bits per heavy atom. The molecule has 0 fully saturated rings. The number of hydrogen-bond donors (Lipinski definition) is 1. The Balaban J connectivity index is 1.63. The van der Waals surface area contributed by atoms with Gasteiger partial charge in [0, 0.05) is 10.2 Å². The number of amides is 2. The molecular formula is C28H23BrN4O3. The fourth-order valence-corrected chi connectivity index (χ4v) is 4.51. The van der Waals surface area contributed by atoms with Crippen LogP contribution in [-0.2, 0) is 6.54 Å². The summed E-state index contributed by atoms with van der Waals surface area (Å²) < 4.78 is 7.99. The van der Waals surface area contributed by atoms with E-state index in [0.717, 1.165) is 4.47 Å². The van der Waals surface area contributed by atoms with E-state index in [1.807, 2.05) is 79.7 Å². The maximum atomic E-state index is 13.7. The second-order valence-electron chi connectivity index (χ2n) is 8.29. The van der Waals surface area contributed by atoms with E-state index >= 15 is 0 Å². The molecule has 8 heteroatoms. The Morgan fingerprint density at radius 1 is 1.03 bits per heavy atom. The second-order valence-corrected chi connectivity index (χ2v) is 9.20. The van der Waals surface area contributed by atoms with E-state index < -0.39 is 6.04 Å². The molecule has 1 atom stereocenters. The summed E-state index contributed by atoms with van der Waals surface area (Å²) in [5.74, 6) is 1.06. The first-order chi connectivity index (χ1) is 17.5. The van der Waals surface area contributed by atoms with Crippen molar-refractivity contribution in [2.45, 2.75) is 19.5 Å². The molecular weight excluding hydrogens is 520 g/mol. The van der Waals surface area contributed by atoms with Gasteiger partial charge in [-0.05, 0) is 61.5 Å². The summed E-state index contributed by atoms with van der Waals surface area (Å²) in [7, 11) is 0. The van der Waals surface area contributed by atoms with Crippen molar-refractivity contribution in [1.82, 2.24) is 14.5 Å². The van der Waals surface area contributed by atoms with Crippen LogP contribution in [0.3, 0.4) is 0 Å². The van der Waals surface area contributed by atoms with Crippen molar-refractivity contribution in [2.24, 2.45) is 0 Å². The van der Waals surface area contributed by atoms with Crippen LogP contribution in [0.2, 0.25) is 0 Å². The average molecular weight is 543 g/mol. The fourth-order valence-electron chi connectivity index (χ4n) is 4.11. The van der Waals surface area contributed by atoms with E-state index in [2.05, 4.69) is 21.2 Å². The highest BCUT2D eigenvalue weighted by molar-refractivity contribution is 9.10. The monoisotopic (exact) mass is 542 g/mol. The van der Waals surface area contributed by atoms with Crippen LogP contribution in [-0.4, -0.2) is 20.5 Å². The van der Waals surface area contributed by atoms with Crippen LogP contribution in [0.4, 0.5) is 10.5 Å². The molecule has 5 rings (SSSR count). The number of para-hydroxylation sites is 2. The fraction of sp³-hybridized carbons (Fsp3) is 0.107. The highest BCUT2D eigenvalue weighted by Gasteiger charge is 2.28. The van der Waals surface area contributed by atoms with Gasteiger partial charge in [0.1, 0.15) is 11.6 Å². The SMILES string of the molecule is CC(c1nc2ccccc2c(=O)n1-c1ccccc1)N(Cc1ccco1)C(=O)Nc1cccc(Br)c1. The van der Waals surface area contributed by atoms with Gasteiger partial charge in [0.2, 0.25) is 0 Å².